The Hall–Kier alpha value is -0.180. The van der Waals surface area contributed by atoms with E-state index < -0.39 is 12.0 Å². The minimum atomic E-state index is -2.26. The molecule has 2 atom stereocenters. The molecule has 0 heterocycles. The molecule has 1 aliphatic rings. The van der Waals surface area contributed by atoms with Crippen molar-refractivity contribution in [2.75, 3.05) is 6.54 Å². The first-order valence-electron chi connectivity index (χ1n) is 5.84. The molecule has 0 bridgehead atoms. The average molecular weight is 219 g/mol. The van der Waals surface area contributed by atoms with E-state index in [9.17, 15) is 8.78 Å². The highest BCUT2D eigenvalue weighted by molar-refractivity contribution is 5.00. The molecule has 0 radical (unpaired) electrons. The predicted octanol–water partition coefficient (Wildman–Crippen LogP) is 3.45. The third-order valence-electron chi connectivity index (χ3n) is 3.35. The summed E-state index contributed by atoms with van der Waals surface area (Å²) in [7, 11) is 0. The summed E-state index contributed by atoms with van der Waals surface area (Å²) in [5, 5.41) is 3.03. The van der Waals surface area contributed by atoms with E-state index in [1.54, 1.807) is 0 Å². The first-order chi connectivity index (χ1) is 6.81. The van der Waals surface area contributed by atoms with Crippen LogP contribution in [0, 0.1) is 11.3 Å². The van der Waals surface area contributed by atoms with Crippen molar-refractivity contribution in [3.8, 4) is 0 Å². The van der Waals surface area contributed by atoms with E-state index in [1.165, 1.54) is 0 Å². The second-order valence-electron chi connectivity index (χ2n) is 5.84. The lowest BCUT2D eigenvalue weighted by Gasteiger charge is -2.47. The smallest absolute Gasteiger partial charge is 0.256 e. The summed E-state index contributed by atoms with van der Waals surface area (Å²) in [4.78, 5) is 0. The normalized spacial score (nSPS) is 35.8. The summed E-state index contributed by atoms with van der Waals surface area (Å²) >= 11 is 0. The average Bonchev–Trinajstić information content (AvgIpc) is 1.99. The molecule has 0 aromatic carbocycles. The van der Waals surface area contributed by atoms with E-state index in [-0.39, 0.29) is 5.41 Å². The van der Waals surface area contributed by atoms with Gasteiger partial charge >= 0.3 is 0 Å². The fraction of sp³-hybridized carbons (Fsp3) is 1.00. The van der Waals surface area contributed by atoms with Crippen LogP contribution in [-0.4, -0.2) is 18.5 Å². The van der Waals surface area contributed by atoms with Crippen LogP contribution < -0.4 is 5.32 Å². The number of hydrogen-bond donors (Lipinski definition) is 1. The van der Waals surface area contributed by atoms with Crippen molar-refractivity contribution in [2.24, 2.45) is 11.3 Å². The third kappa shape index (κ3) is 2.90. The third-order valence-corrected chi connectivity index (χ3v) is 3.35. The van der Waals surface area contributed by atoms with E-state index in [2.05, 4.69) is 26.1 Å². The summed E-state index contributed by atoms with van der Waals surface area (Å²) in [5.41, 5.74) is -0.924. The van der Waals surface area contributed by atoms with Gasteiger partial charge < -0.3 is 5.32 Å². The standard InChI is InChI=1S/C12H23F2N/c1-5-15-12(10(13)14)7-9(2)6-11(3,4)8-12/h9-10,15H,5-8H2,1-4H3. The van der Waals surface area contributed by atoms with Gasteiger partial charge in [-0.3, -0.25) is 0 Å². The molecule has 15 heavy (non-hydrogen) atoms. The number of hydrogen-bond acceptors (Lipinski definition) is 1. The predicted molar refractivity (Wildman–Crippen MR) is 59.2 cm³/mol. The molecular formula is C12H23F2N. The Bertz CT molecular complexity index is 216. The van der Waals surface area contributed by atoms with Crippen LogP contribution in [0.2, 0.25) is 0 Å². The Labute approximate surface area is 91.6 Å². The van der Waals surface area contributed by atoms with Crippen LogP contribution in [0.4, 0.5) is 8.78 Å². The Morgan fingerprint density at radius 1 is 1.33 bits per heavy atom. The van der Waals surface area contributed by atoms with Crippen LogP contribution in [-0.2, 0) is 0 Å². The maximum absolute atomic E-state index is 13.2. The van der Waals surface area contributed by atoms with Crippen LogP contribution in [0.5, 0.6) is 0 Å². The minimum absolute atomic E-state index is 0.0241. The number of halogens is 2. The molecule has 1 saturated carbocycles. The van der Waals surface area contributed by atoms with Crippen molar-refractivity contribution < 1.29 is 8.78 Å². The monoisotopic (exact) mass is 219 g/mol. The van der Waals surface area contributed by atoms with Gasteiger partial charge in [-0.25, -0.2) is 8.78 Å². The Morgan fingerprint density at radius 2 is 1.93 bits per heavy atom. The van der Waals surface area contributed by atoms with Gasteiger partial charge in [0.2, 0.25) is 0 Å². The Kier molecular flexibility index (Phi) is 3.75. The van der Waals surface area contributed by atoms with Crippen molar-refractivity contribution in [1.82, 2.24) is 5.32 Å². The summed E-state index contributed by atoms with van der Waals surface area (Å²) in [6.45, 7) is 8.78. The molecular weight excluding hydrogens is 196 g/mol. The van der Waals surface area contributed by atoms with Crippen LogP contribution in [0.15, 0.2) is 0 Å². The van der Waals surface area contributed by atoms with E-state index in [1.807, 2.05) is 6.92 Å². The molecule has 0 aliphatic heterocycles. The lowest BCUT2D eigenvalue weighted by atomic mass is 9.64. The molecule has 1 rings (SSSR count). The summed E-state index contributed by atoms with van der Waals surface area (Å²) in [5.74, 6) is 0.377. The zero-order valence-electron chi connectivity index (χ0n) is 10.2. The highest BCUT2D eigenvalue weighted by Crippen LogP contribution is 2.46. The van der Waals surface area contributed by atoms with E-state index >= 15 is 0 Å². The zero-order valence-corrected chi connectivity index (χ0v) is 10.2. The lowest BCUT2D eigenvalue weighted by Crippen LogP contribution is -2.57. The zero-order chi connectivity index (χ0) is 11.7. The highest BCUT2D eigenvalue weighted by Gasteiger charge is 2.48. The molecule has 0 aromatic heterocycles. The summed E-state index contributed by atoms with van der Waals surface area (Å²) in [6.07, 6.45) is -0.0375. The minimum Gasteiger partial charge on any atom is -0.307 e. The van der Waals surface area contributed by atoms with E-state index in [0.29, 0.717) is 25.3 Å². The largest absolute Gasteiger partial charge is 0.307 e. The van der Waals surface area contributed by atoms with Crippen molar-refractivity contribution in [3.63, 3.8) is 0 Å². The quantitative estimate of drug-likeness (QED) is 0.766. The molecule has 0 amide bonds. The van der Waals surface area contributed by atoms with Gasteiger partial charge in [0.05, 0.1) is 5.54 Å². The fourth-order valence-electron chi connectivity index (χ4n) is 3.37. The fourth-order valence-corrected chi connectivity index (χ4v) is 3.37. The number of alkyl halides is 2. The Morgan fingerprint density at radius 3 is 2.33 bits per heavy atom. The van der Waals surface area contributed by atoms with Gasteiger partial charge in [0.25, 0.3) is 6.43 Å². The lowest BCUT2D eigenvalue weighted by molar-refractivity contribution is -0.0389. The van der Waals surface area contributed by atoms with Gasteiger partial charge in [-0.1, -0.05) is 27.7 Å². The molecule has 1 N–H and O–H groups in total. The van der Waals surface area contributed by atoms with E-state index in [4.69, 9.17) is 0 Å². The molecule has 0 saturated heterocycles. The molecule has 0 spiro atoms. The maximum atomic E-state index is 13.2. The van der Waals surface area contributed by atoms with Crippen molar-refractivity contribution in [2.45, 2.75) is 58.9 Å². The maximum Gasteiger partial charge on any atom is 0.256 e. The van der Waals surface area contributed by atoms with Gasteiger partial charge in [-0.2, -0.15) is 0 Å². The Balaban J connectivity index is 2.87. The SMILES string of the molecule is CCNC1(C(F)F)CC(C)CC(C)(C)C1. The highest BCUT2D eigenvalue weighted by atomic mass is 19.3. The van der Waals surface area contributed by atoms with Crippen LogP contribution >= 0.6 is 0 Å². The second kappa shape index (κ2) is 4.36. The number of rotatable bonds is 3. The van der Waals surface area contributed by atoms with Crippen molar-refractivity contribution in [1.29, 1.82) is 0 Å². The first-order valence-corrected chi connectivity index (χ1v) is 5.84. The molecule has 3 heteroatoms. The topological polar surface area (TPSA) is 12.0 Å². The molecule has 1 fully saturated rings. The van der Waals surface area contributed by atoms with Crippen LogP contribution in [0.25, 0.3) is 0 Å². The molecule has 1 nitrogen and oxygen atoms in total. The van der Waals surface area contributed by atoms with Crippen molar-refractivity contribution >= 4 is 0 Å². The van der Waals surface area contributed by atoms with Crippen molar-refractivity contribution in [3.05, 3.63) is 0 Å². The summed E-state index contributed by atoms with van der Waals surface area (Å²) < 4.78 is 26.4. The van der Waals surface area contributed by atoms with E-state index in [0.717, 1.165) is 6.42 Å². The number of nitrogens with one attached hydrogen (secondary N) is 1. The molecule has 90 valence electrons. The second-order valence-corrected chi connectivity index (χ2v) is 5.84. The molecule has 0 aromatic rings. The van der Waals surface area contributed by atoms with Gasteiger partial charge in [0.1, 0.15) is 0 Å². The van der Waals surface area contributed by atoms with Crippen LogP contribution in [0.1, 0.15) is 47.0 Å². The van der Waals surface area contributed by atoms with Crippen LogP contribution in [0.3, 0.4) is 0 Å². The van der Waals surface area contributed by atoms with Gasteiger partial charge in [-0.05, 0) is 37.1 Å². The molecule has 1 aliphatic carbocycles. The van der Waals surface area contributed by atoms with Gasteiger partial charge in [0, 0.05) is 0 Å². The van der Waals surface area contributed by atoms with Gasteiger partial charge in [0.15, 0.2) is 0 Å². The first kappa shape index (κ1) is 12.9. The molecule has 2 unspecified atom stereocenters. The summed E-state index contributed by atoms with van der Waals surface area (Å²) in [6, 6.07) is 0. The van der Waals surface area contributed by atoms with Gasteiger partial charge in [-0.15, -0.1) is 0 Å².